The predicted octanol–water partition coefficient (Wildman–Crippen LogP) is 2.29. The summed E-state index contributed by atoms with van der Waals surface area (Å²) in [5, 5.41) is 1.43. The van der Waals surface area contributed by atoms with E-state index in [1.807, 2.05) is 24.3 Å². The number of hydrogen-bond acceptors (Lipinski definition) is 4. The number of carbonyl (C=O) groups is 1. The van der Waals surface area contributed by atoms with Gasteiger partial charge in [0.1, 0.15) is 5.82 Å². The molecule has 23 heavy (non-hydrogen) atoms. The van der Waals surface area contributed by atoms with Crippen molar-refractivity contribution in [2.75, 3.05) is 6.54 Å². The molecule has 118 valence electrons. The Bertz CT molecular complexity index is 900. The highest BCUT2D eigenvalue weighted by Crippen LogP contribution is 2.12. The maximum absolute atomic E-state index is 12.1. The van der Waals surface area contributed by atoms with Gasteiger partial charge in [0.05, 0.1) is 15.9 Å². The van der Waals surface area contributed by atoms with E-state index in [4.69, 9.17) is 0 Å². The van der Waals surface area contributed by atoms with Crippen molar-refractivity contribution in [2.45, 2.75) is 11.3 Å². The molecular weight excluding hydrogens is 314 g/mol. The number of amides is 1. The van der Waals surface area contributed by atoms with Crippen molar-refractivity contribution in [1.82, 2.24) is 15.3 Å². The van der Waals surface area contributed by atoms with Crippen LogP contribution in [0, 0.1) is 0 Å². The molecule has 0 radical (unpaired) electrons. The smallest absolute Gasteiger partial charge is 0.341 e. The SMILES string of the molecule is O=C(NCCc1nc2ccccc2[nH]1)S(=O)(=O)c1ccccc1. The Morgan fingerprint density at radius 3 is 2.48 bits per heavy atom. The average Bonchev–Trinajstić information content (AvgIpc) is 2.98. The Balaban J connectivity index is 1.63. The van der Waals surface area contributed by atoms with Crippen LogP contribution in [0.5, 0.6) is 0 Å². The first-order valence-electron chi connectivity index (χ1n) is 7.09. The van der Waals surface area contributed by atoms with Gasteiger partial charge in [0.15, 0.2) is 0 Å². The summed E-state index contributed by atoms with van der Waals surface area (Å²) in [6.45, 7) is 0.185. The summed E-state index contributed by atoms with van der Waals surface area (Å²) in [6.07, 6.45) is 0.421. The molecule has 2 aromatic carbocycles. The Labute approximate surface area is 133 Å². The van der Waals surface area contributed by atoms with Crippen LogP contribution in [0.25, 0.3) is 11.0 Å². The van der Waals surface area contributed by atoms with Crippen LogP contribution >= 0.6 is 0 Å². The minimum atomic E-state index is -4.00. The number of hydrogen-bond donors (Lipinski definition) is 2. The minimum Gasteiger partial charge on any atom is -0.342 e. The zero-order valence-electron chi connectivity index (χ0n) is 12.2. The number of aromatic amines is 1. The van der Waals surface area contributed by atoms with Crippen LogP contribution in [-0.4, -0.2) is 30.2 Å². The van der Waals surface area contributed by atoms with Gasteiger partial charge in [-0.2, -0.15) is 0 Å². The van der Waals surface area contributed by atoms with E-state index in [-0.39, 0.29) is 11.4 Å². The summed E-state index contributed by atoms with van der Waals surface area (Å²) in [7, 11) is -4.00. The van der Waals surface area contributed by atoms with Crippen LogP contribution < -0.4 is 5.32 Å². The molecule has 1 amide bonds. The van der Waals surface area contributed by atoms with Gasteiger partial charge in [0.2, 0.25) is 0 Å². The van der Waals surface area contributed by atoms with Crippen molar-refractivity contribution in [3.63, 3.8) is 0 Å². The lowest BCUT2D eigenvalue weighted by molar-refractivity contribution is 0.258. The molecule has 1 heterocycles. The van der Waals surface area contributed by atoms with Crippen molar-refractivity contribution in [3.05, 3.63) is 60.4 Å². The number of fused-ring (bicyclic) bond motifs is 1. The van der Waals surface area contributed by atoms with Gasteiger partial charge in [0.25, 0.3) is 9.84 Å². The molecule has 0 bridgehead atoms. The van der Waals surface area contributed by atoms with Crippen molar-refractivity contribution < 1.29 is 13.2 Å². The third kappa shape index (κ3) is 3.24. The number of sulfone groups is 1. The molecule has 6 nitrogen and oxygen atoms in total. The molecule has 0 aliphatic rings. The van der Waals surface area contributed by atoms with E-state index < -0.39 is 15.1 Å². The van der Waals surface area contributed by atoms with Crippen molar-refractivity contribution >= 4 is 26.1 Å². The second kappa shape index (κ2) is 6.21. The van der Waals surface area contributed by atoms with Crippen molar-refractivity contribution in [1.29, 1.82) is 0 Å². The molecule has 0 saturated heterocycles. The molecule has 0 fully saturated rings. The summed E-state index contributed by atoms with van der Waals surface area (Å²) >= 11 is 0. The molecule has 0 aliphatic carbocycles. The highest BCUT2D eigenvalue weighted by Gasteiger charge is 2.23. The van der Waals surface area contributed by atoms with E-state index in [2.05, 4.69) is 15.3 Å². The number of rotatable bonds is 4. The van der Waals surface area contributed by atoms with Crippen LogP contribution in [0.4, 0.5) is 4.79 Å². The van der Waals surface area contributed by atoms with Gasteiger partial charge in [-0.1, -0.05) is 30.3 Å². The first-order chi connectivity index (χ1) is 11.1. The fourth-order valence-electron chi connectivity index (χ4n) is 2.21. The Kier molecular flexibility index (Phi) is 4.12. The molecule has 0 unspecified atom stereocenters. The van der Waals surface area contributed by atoms with E-state index in [0.717, 1.165) is 11.0 Å². The third-order valence-corrected chi connectivity index (χ3v) is 4.89. The Morgan fingerprint density at radius 1 is 1.04 bits per heavy atom. The number of carbonyl (C=O) groups excluding carboxylic acids is 1. The standard InChI is InChI=1S/C16H15N3O3S/c20-16(23(21,22)12-6-2-1-3-7-12)17-11-10-15-18-13-8-4-5-9-14(13)19-15/h1-9H,10-11H2,(H,17,20)(H,18,19). The highest BCUT2D eigenvalue weighted by atomic mass is 32.2. The van der Waals surface area contributed by atoms with E-state index in [0.29, 0.717) is 12.2 Å². The van der Waals surface area contributed by atoms with Gasteiger partial charge in [-0.15, -0.1) is 0 Å². The summed E-state index contributed by atoms with van der Waals surface area (Å²) in [6, 6.07) is 15.2. The topological polar surface area (TPSA) is 91.9 Å². The molecule has 0 spiro atoms. The first-order valence-corrected chi connectivity index (χ1v) is 8.57. The molecule has 3 rings (SSSR count). The van der Waals surface area contributed by atoms with E-state index in [9.17, 15) is 13.2 Å². The second-order valence-corrected chi connectivity index (χ2v) is 6.83. The third-order valence-electron chi connectivity index (χ3n) is 3.37. The molecule has 3 aromatic rings. The largest absolute Gasteiger partial charge is 0.342 e. The fourth-order valence-corrected chi connectivity index (χ4v) is 3.23. The number of imidazole rings is 1. The molecule has 1 aromatic heterocycles. The molecule has 0 saturated carbocycles. The maximum atomic E-state index is 12.1. The lowest BCUT2D eigenvalue weighted by Crippen LogP contribution is -2.31. The first kappa shape index (κ1) is 15.2. The number of nitrogens with one attached hydrogen (secondary N) is 2. The van der Waals surface area contributed by atoms with Gasteiger partial charge >= 0.3 is 5.24 Å². The molecular formula is C16H15N3O3S. The van der Waals surface area contributed by atoms with Gasteiger partial charge in [-0.3, -0.25) is 4.79 Å². The van der Waals surface area contributed by atoms with Crippen LogP contribution in [0.1, 0.15) is 5.82 Å². The number of H-pyrrole nitrogens is 1. The molecule has 7 heteroatoms. The molecule has 0 atom stereocenters. The lowest BCUT2D eigenvalue weighted by Gasteiger charge is -2.05. The average molecular weight is 329 g/mol. The maximum Gasteiger partial charge on any atom is 0.341 e. The van der Waals surface area contributed by atoms with Crippen LogP contribution in [-0.2, 0) is 16.3 Å². The number of aromatic nitrogens is 2. The monoisotopic (exact) mass is 329 g/mol. The van der Waals surface area contributed by atoms with E-state index in [1.54, 1.807) is 18.2 Å². The van der Waals surface area contributed by atoms with Crippen LogP contribution in [0.15, 0.2) is 59.5 Å². The number of para-hydroxylation sites is 2. The fraction of sp³-hybridized carbons (Fsp3) is 0.125. The van der Waals surface area contributed by atoms with Crippen LogP contribution in [0.3, 0.4) is 0 Å². The number of nitrogens with zero attached hydrogens (tertiary/aromatic N) is 1. The Morgan fingerprint density at radius 2 is 1.74 bits per heavy atom. The zero-order chi connectivity index (χ0) is 16.3. The van der Waals surface area contributed by atoms with Gasteiger partial charge in [-0.25, -0.2) is 13.4 Å². The van der Waals surface area contributed by atoms with Crippen molar-refractivity contribution in [3.8, 4) is 0 Å². The summed E-state index contributed by atoms with van der Waals surface area (Å²) in [4.78, 5) is 19.4. The summed E-state index contributed by atoms with van der Waals surface area (Å²) in [5.41, 5.74) is 1.75. The summed E-state index contributed by atoms with van der Waals surface area (Å²) < 4.78 is 24.2. The lowest BCUT2D eigenvalue weighted by atomic mass is 10.3. The van der Waals surface area contributed by atoms with Gasteiger partial charge in [-0.05, 0) is 24.3 Å². The highest BCUT2D eigenvalue weighted by molar-refractivity contribution is 8.06. The zero-order valence-corrected chi connectivity index (χ0v) is 13.0. The number of benzene rings is 2. The quantitative estimate of drug-likeness (QED) is 0.768. The van der Waals surface area contributed by atoms with E-state index in [1.165, 1.54) is 12.1 Å². The predicted molar refractivity (Wildman–Crippen MR) is 86.8 cm³/mol. The Hall–Kier alpha value is -2.67. The van der Waals surface area contributed by atoms with Crippen LogP contribution in [0.2, 0.25) is 0 Å². The molecule has 0 aliphatic heterocycles. The minimum absolute atomic E-state index is 0.0127. The van der Waals surface area contributed by atoms with Gasteiger partial charge in [0, 0.05) is 13.0 Å². The normalized spacial score (nSPS) is 11.5. The second-order valence-electron chi connectivity index (χ2n) is 4.98. The molecule has 2 N–H and O–H groups in total. The van der Waals surface area contributed by atoms with E-state index >= 15 is 0 Å². The summed E-state index contributed by atoms with van der Waals surface area (Å²) in [5.74, 6) is 0.698. The van der Waals surface area contributed by atoms with Gasteiger partial charge < -0.3 is 10.3 Å². The van der Waals surface area contributed by atoms with Crippen molar-refractivity contribution in [2.24, 2.45) is 0 Å².